The lowest BCUT2D eigenvalue weighted by atomic mass is 10.0. The molecule has 0 aromatic carbocycles. The molecule has 0 aliphatic heterocycles. The Kier molecular flexibility index (Phi) is 7.14. The van der Waals surface area contributed by atoms with Crippen LogP contribution in [0.15, 0.2) is 0 Å². The molecule has 92 valence electrons. The molecule has 0 fully saturated rings. The molecule has 0 aromatic rings. The van der Waals surface area contributed by atoms with E-state index in [0.717, 1.165) is 26.2 Å². The van der Waals surface area contributed by atoms with E-state index in [1.807, 2.05) is 0 Å². The third-order valence-corrected chi connectivity index (χ3v) is 2.57. The summed E-state index contributed by atoms with van der Waals surface area (Å²) >= 11 is 0. The van der Waals surface area contributed by atoms with Gasteiger partial charge in [0.2, 0.25) is 0 Å². The maximum Gasteiger partial charge on any atom is 0.0589 e. The number of hydrogen-bond donors (Lipinski definition) is 1. The van der Waals surface area contributed by atoms with E-state index in [9.17, 15) is 0 Å². The van der Waals surface area contributed by atoms with Crippen LogP contribution >= 0.6 is 0 Å². The average molecular weight is 216 g/mol. The van der Waals surface area contributed by atoms with Gasteiger partial charge in [0.1, 0.15) is 0 Å². The molecule has 0 saturated heterocycles. The fourth-order valence-corrected chi connectivity index (χ4v) is 1.77. The second-order valence-electron chi connectivity index (χ2n) is 4.97. The van der Waals surface area contributed by atoms with Gasteiger partial charge < -0.3 is 10.1 Å². The minimum absolute atomic E-state index is 0.173. The number of hydrogen-bond acceptors (Lipinski definition) is 3. The molecule has 0 amide bonds. The highest BCUT2D eigenvalue weighted by molar-refractivity contribution is 4.82. The quantitative estimate of drug-likeness (QED) is 0.669. The smallest absolute Gasteiger partial charge is 0.0589 e. The van der Waals surface area contributed by atoms with Gasteiger partial charge >= 0.3 is 0 Å². The van der Waals surface area contributed by atoms with E-state index in [0.29, 0.717) is 6.04 Å². The molecular weight excluding hydrogens is 188 g/mol. The summed E-state index contributed by atoms with van der Waals surface area (Å²) in [6.07, 6.45) is 0. The van der Waals surface area contributed by atoms with Crippen LogP contribution in [0.5, 0.6) is 0 Å². The molecule has 0 saturated carbocycles. The summed E-state index contributed by atoms with van der Waals surface area (Å²) in [7, 11) is 1.76. The predicted octanol–water partition coefficient (Wildman–Crippen LogP) is 1.73. The van der Waals surface area contributed by atoms with Gasteiger partial charge in [0, 0.05) is 31.8 Å². The molecule has 0 atom stereocenters. The minimum atomic E-state index is 0.173. The highest BCUT2D eigenvalue weighted by Crippen LogP contribution is 2.08. The van der Waals surface area contributed by atoms with Gasteiger partial charge in [-0.3, -0.25) is 4.90 Å². The maximum atomic E-state index is 5.13. The summed E-state index contributed by atoms with van der Waals surface area (Å²) in [5.74, 6) is 0. The van der Waals surface area contributed by atoms with Crippen molar-refractivity contribution in [3.8, 4) is 0 Å². The first-order valence-electron chi connectivity index (χ1n) is 5.91. The molecule has 0 aliphatic rings. The van der Waals surface area contributed by atoms with Crippen molar-refractivity contribution in [2.75, 3.05) is 33.4 Å². The summed E-state index contributed by atoms with van der Waals surface area (Å²) in [5.41, 5.74) is 0.173. The third-order valence-electron chi connectivity index (χ3n) is 2.57. The number of nitrogens with one attached hydrogen (secondary N) is 1. The Bertz CT molecular complexity index is 158. The normalized spacial score (nSPS) is 12.8. The predicted molar refractivity (Wildman–Crippen MR) is 66.3 cm³/mol. The first-order valence-corrected chi connectivity index (χ1v) is 5.91. The summed E-state index contributed by atoms with van der Waals surface area (Å²) in [5, 5.41) is 3.50. The van der Waals surface area contributed by atoms with E-state index >= 15 is 0 Å². The summed E-state index contributed by atoms with van der Waals surface area (Å²) in [4.78, 5) is 2.45. The Labute approximate surface area is 95.2 Å². The number of likely N-dealkylation sites (N-methyl/N-ethyl adjacent to an activating group) is 1. The van der Waals surface area contributed by atoms with E-state index in [1.54, 1.807) is 7.11 Å². The van der Waals surface area contributed by atoms with Crippen molar-refractivity contribution in [3.05, 3.63) is 0 Å². The van der Waals surface area contributed by atoms with Crippen LogP contribution in [0.1, 0.15) is 34.6 Å². The molecule has 3 nitrogen and oxygen atoms in total. The number of methoxy groups -OCH3 is 1. The van der Waals surface area contributed by atoms with Gasteiger partial charge in [0.25, 0.3) is 0 Å². The number of rotatable bonds is 8. The van der Waals surface area contributed by atoms with Crippen molar-refractivity contribution < 1.29 is 4.74 Å². The first-order chi connectivity index (χ1) is 6.93. The van der Waals surface area contributed by atoms with Gasteiger partial charge in [-0.25, -0.2) is 0 Å². The Morgan fingerprint density at radius 1 is 1.33 bits per heavy atom. The lowest BCUT2D eigenvalue weighted by molar-refractivity contribution is 0.108. The van der Waals surface area contributed by atoms with Crippen molar-refractivity contribution in [1.29, 1.82) is 0 Å². The Morgan fingerprint density at radius 3 is 2.33 bits per heavy atom. The van der Waals surface area contributed by atoms with E-state index < -0.39 is 0 Å². The Balaban J connectivity index is 4.14. The van der Waals surface area contributed by atoms with Gasteiger partial charge in [-0.05, 0) is 34.2 Å². The third kappa shape index (κ3) is 6.88. The van der Waals surface area contributed by atoms with Crippen LogP contribution in [-0.4, -0.2) is 49.8 Å². The van der Waals surface area contributed by atoms with Crippen LogP contribution in [0, 0.1) is 0 Å². The van der Waals surface area contributed by atoms with Crippen molar-refractivity contribution in [1.82, 2.24) is 10.2 Å². The SMILES string of the molecule is CCNC(C)(C)CN(CCOC)C(C)C. The fourth-order valence-electron chi connectivity index (χ4n) is 1.77. The maximum absolute atomic E-state index is 5.13. The van der Waals surface area contributed by atoms with Crippen LogP contribution in [-0.2, 0) is 4.74 Å². The highest BCUT2D eigenvalue weighted by Gasteiger charge is 2.21. The molecule has 0 rings (SSSR count). The lowest BCUT2D eigenvalue weighted by Gasteiger charge is -2.35. The van der Waals surface area contributed by atoms with Gasteiger partial charge in [0.05, 0.1) is 6.61 Å². The zero-order valence-electron chi connectivity index (χ0n) is 11.3. The molecular formula is C12H28N2O. The molecule has 0 radical (unpaired) electrons. The standard InChI is InChI=1S/C12H28N2O/c1-7-13-12(4,5)10-14(11(2)3)8-9-15-6/h11,13H,7-10H2,1-6H3. The number of ether oxygens (including phenoxy) is 1. The summed E-state index contributed by atoms with van der Waals surface area (Å²) < 4.78 is 5.13. The summed E-state index contributed by atoms with van der Waals surface area (Å²) in [6, 6.07) is 0.568. The van der Waals surface area contributed by atoms with Crippen LogP contribution in [0.2, 0.25) is 0 Å². The second-order valence-corrected chi connectivity index (χ2v) is 4.97. The first kappa shape index (κ1) is 14.9. The minimum Gasteiger partial charge on any atom is -0.383 e. The highest BCUT2D eigenvalue weighted by atomic mass is 16.5. The van der Waals surface area contributed by atoms with Crippen molar-refractivity contribution in [3.63, 3.8) is 0 Å². The average Bonchev–Trinajstić information content (AvgIpc) is 2.11. The topological polar surface area (TPSA) is 24.5 Å². The van der Waals surface area contributed by atoms with E-state index in [2.05, 4.69) is 44.8 Å². The van der Waals surface area contributed by atoms with Gasteiger partial charge in [0.15, 0.2) is 0 Å². The molecule has 0 aromatic heterocycles. The largest absolute Gasteiger partial charge is 0.383 e. The van der Waals surface area contributed by atoms with Gasteiger partial charge in [-0.1, -0.05) is 6.92 Å². The van der Waals surface area contributed by atoms with Crippen LogP contribution in [0.3, 0.4) is 0 Å². The van der Waals surface area contributed by atoms with Crippen molar-refractivity contribution >= 4 is 0 Å². The lowest BCUT2D eigenvalue weighted by Crippen LogP contribution is -2.51. The Morgan fingerprint density at radius 2 is 1.93 bits per heavy atom. The fraction of sp³-hybridized carbons (Fsp3) is 1.00. The molecule has 0 unspecified atom stereocenters. The molecule has 15 heavy (non-hydrogen) atoms. The monoisotopic (exact) mass is 216 g/mol. The van der Waals surface area contributed by atoms with Crippen LogP contribution < -0.4 is 5.32 Å². The van der Waals surface area contributed by atoms with Crippen LogP contribution in [0.4, 0.5) is 0 Å². The van der Waals surface area contributed by atoms with Gasteiger partial charge in [-0.2, -0.15) is 0 Å². The molecule has 3 heteroatoms. The molecule has 0 aliphatic carbocycles. The molecule has 1 N–H and O–H groups in total. The van der Waals surface area contributed by atoms with Crippen molar-refractivity contribution in [2.45, 2.75) is 46.2 Å². The Hall–Kier alpha value is -0.120. The second kappa shape index (κ2) is 7.20. The van der Waals surface area contributed by atoms with Crippen LogP contribution in [0.25, 0.3) is 0 Å². The zero-order chi connectivity index (χ0) is 11.9. The summed E-state index contributed by atoms with van der Waals surface area (Å²) in [6.45, 7) is 15.0. The van der Waals surface area contributed by atoms with E-state index in [-0.39, 0.29) is 5.54 Å². The molecule has 0 heterocycles. The van der Waals surface area contributed by atoms with Crippen molar-refractivity contribution in [2.24, 2.45) is 0 Å². The van der Waals surface area contributed by atoms with E-state index in [1.165, 1.54) is 0 Å². The molecule has 0 spiro atoms. The van der Waals surface area contributed by atoms with E-state index in [4.69, 9.17) is 4.74 Å². The number of nitrogens with zero attached hydrogens (tertiary/aromatic N) is 1. The molecule has 0 bridgehead atoms. The zero-order valence-corrected chi connectivity index (χ0v) is 11.3. The van der Waals surface area contributed by atoms with Gasteiger partial charge in [-0.15, -0.1) is 0 Å².